The van der Waals surface area contributed by atoms with Crippen molar-refractivity contribution < 1.29 is 10.2 Å². The average Bonchev–Trinajstić information content (AvgIpc) is 2.64. The van der Waals surface area contributed by atoms with E-state index < -0.39 is 0 Å². The lowest BCUT2D eigenvalue weighted by Crippen LogP contribution is -1.71. The standard InChI is InChI=1S/2C6H4N2.C6H6O2/c2*7-5-6-1-3-8-4-2-6;7-5-2-1-3-6(8)4-5/h2*1-4H;1-4,7-8H. The summed E-state index contributed by atoms with van der Waals surface area (Å²) in [5.74, 6) is 0.176. The summed E-state index contributed by atoms with van der Waals surface area (Å²) in [5.41, 5.74) is 1.31. The summed E-state index contributed by atoms with van der Waals surface area (Å²) in [4.78, 5) is 7.48. The van der Waals surface area contributed by atoms with Gasteiger partial charge in [-0.25, -0.2) is 0 Å². The smallest absolute Gasteiger partial charge is 0.119 e. The van der Waals surface area contributed by atoms with Gasteiger partial charge in [0.2, 0.25) is 0 Å². The molecule has 0 aliphatic carbocycles. The molecule has 3 aromatic rings. The van der Waals surface area contributed by atoms with Gasteiger partial charge in [0.05, 0.1) is 23.3 Å². The number of pyridine rings is 2. The molecule has 6 nitrogen and oxygen atoms in total. The van der Waals surface area contributed by atoms with Crippen LogP contribution in [0.2, 0.25) is 0 Å². The molecule has 0 amide bonds. The molecular formula is C18H14N4O2. The van der Waals surface area contributed by atoms with Crippen LogP contribution in [0.3, 0.4) is 0 Å². The maximum Gasteiger partial charge on any atom is 0.119 e. The molecule has 0 radical (unpaired) electrons. The minimum atomic E-state index is 0.0880. The van der Waals surface area contributed by atoms with Crippen LogP contribution < -0.4 is 0 Å². The molecule has 0 bridgehead atoms. The van der Waals surface area contributed by atoms with Gasteiger partial charge >= 0.3 is 0 Å². The molecular weight excluding hydrogens is 304 g/mol. The summed E-state index contributed by atoms with van der Waals surface area (Å²) in [6.45, 7) is 0. The first kappa shape index (κ1) is 18.1. The number of rotatable bonds is 0. The Bertz CT molecular complexity index is 743. The second kappa shape index (κ2) is 10.8. The zero-order valence-electron chi connectivity index (χ0n) is 12.6. The molecule has 3 rings (SSSR count). The van der Waals surface area contributed by atoms with Crippen molar-refractivity contribution >= 4 is 0 Å². The molecule has 0 aliphatic rings. The van der Waals surface area contributed by atoms with E-state index in [1.165, 1.54) is 18.2 Å². The highest BCUT2D eigenvalue weighted by atomic mass is 16.3. The predicted octanol–water partition coefficient (Wildman–Crippen LogP) is 3.00. The van der Waals surface area contributed by atoms with Crippen LogP contribution in [0.1, 0.15) is 11.1 Å². The SMILES string of the molecule is N#Cc1ccncc1.N#Cc1ccncc1.Oc1cccc(O)c1. The summed E-state index contributed by atoms with van der Waals surface area (Å²) >= 11 is 0. The highest BCUT2D eigenvalue weighted by Crippen LogP contribution is 2.14. The Labute approximate surface area is 139 Å². The van der Waals surface area contributed by atoms with Crippen molar-refractivity contribution in [3.8, 4) is 23.6 Å². The Hall–Kier alpha value is -3.90. The molecule has 0 fully saturated rings. The largest absolute Gasteiger partial charge is 0.508 e. The Balaban J connectivity index is 0.000000180. The second-order valence-electron chi connectivity index (χ2n) is 4.22. The van der Waals surface area contributed by atoms with Crippen LogP contribution in [-0.4, -0.2) is 20.2 Å². The van der Waals surface area contributed by atoms with Crippen LogP contribution >= 0.6 is 0 Å². The fraction of sp³-hybridized carbons (Fsp3) is 0. The van der Waals surface area contributed by atoms with E-state index in [4.69, 9.17) is 20.7 Å². The highest BCUT2D eigenvalue weighted by molar-refractivity contribution is 5.30. The number of phenols is 2. The highest BCUT2D eigenvalue weighted by Gasteiger charge is 1.85. The molecule has 2 heterocycles. The zero-order chi connectivity index (χ0) is 17.6. The number of hydrogen-bond donors (Lipinski definition) is 2. The molecule has 24 heavy (non-hydrogen) atoms. The van der Waals surface area contributed by atoms with Crippen LogP contribution in [-0.2, 0) is 0 Å². The lowest BCUT2D eigenvalue weighted by molar-refractivity contribution is 0.450. The maximum absolute atomic E-state index is 8.65. The zero-order valence-corrected chi connectivity index (χ0v) is 12.6. The first-order valence-electron chi connectivity index (χ1n) is 6.74. The molecule has 6 heteroatoms. The molecule has 0 atom stereocenters. The van der Waals surface area contributed by atoms with Gasteiger partial charge in [0, 0.05) is 30.9 Å². The summed E-state index contributed by atoms with van der Waals surface area (Å²) in [6, 6.07) is 16.5. The van der Waals surface area contributed by atoms with E-state index in [-0.39, 0.29) is 11.5 Å². The Morgan fingerprint density at radius 3 is 1.25 bits per heavy atom. The van der Waals surface area contributed by atoms with Crippen LogP contribution in [0.5, 0.6) is 11.5 Å². The maximum atomic E-state index is 8.65. The third kappa shape index (κ3) is 7.77. The van der Waals surface area contributed by atoms with Gasteiger partial charge in [0.25, 0.3) is 0 Å². The fourth-order valence-corrected chi connectivity index (χ4v) is 1.35. The van der Waals surface area contributed by atoms with E-state index in [2.05, 4.69) is 9.97 Å². The first-order chi connectivity index (χ1) is 11.7. The van der Waals surface area contributed by atoms with E-state index >= 15 is 0 Å². The monoisotopic (exact) mass is 318 g/mol. The van der Waals surface area contributed by atoms with Gasteiger partial charge in [-0.05, 0) is 36.4 Å². The number of hydrogen-bond acceptors (Lipinski definition) is 6. The van der Waals surface area contributed by atoms with Crippen molar-refractivity contribution in [3.63, 3.8) is 0 Å². The second-order valence-corrected chi connectivity index (χ2v) is 4.22. The summed E-state index contributed by atoms with van der Waals surface area (Å²) in [5, 5.41) is 33.8. The minimum Gasteiger partial charge on any atom is -0.508 e. The number of aromatic nitrogens is 2. The molecule has 118 valence electrons. The van der Waals surface area contributed by atoms with E-state index in [1.54, 1.807) is 55.1 Å². The van der Waals surface area contributed by atoms with Crippen LogP contribution in [0, 0.1) is 22.7 Å². The Morgan fingerprint density at radius 1 is 0.667 bits per heavy atom. The lowest BCUT2D eigenvalue weighted by Gasteiger charge is -1.89. The first-order valence-corrected chi connectivity index (χ1v) is 6.74. The molecule has 0 unspecified atom stereocenters. The minimum absolute atomic E-state index is 0.0880. The molecule has 2 N–H and O–H groups in total. The van der Waals surface area contributed by atoms with Gasteiger partial charge in [-0.2, -0.15) is 10.5 Å². The van der Waals surface area contributed by atoms with E-state index in [9.17, 15) is 0 Å². The number of nitriles is 2. The summed E-state index contributed by atoms with van der Waals surface area (Å²) < 4.78 is 0. The Kier molecular flexibility index (Phi) is 8.15. The molecule has 0 saturated carbocycles. The molecule has 2 aromatic heterocycles. The number of phenolic OH excluding ortho intramolecular Hbond substituents is 2. The fourth-order valence-electron chi connectivity index (χ4n) is 1.35. The molecule has 0 aliphatic heterocycles. The van der Waals surface area contributed by atoms with Crippen molar-refractivity contribution in [2.75, 3.05) is 0 Å². The van der Waals surface area contributed by atoms with Gasteiger partial charge < -0.3 is 10.2 Å². The van der Waals surface area contributed by atoms with Gasteiger partial charge in [0.1, 0.15) is 11.5 Å². The van der Waals surface area contributed by atoms with Gasteiger partial charge in [-0.15, -0.1) is 0 Å². The summed E-state index contributed by atoms with van der Waals surface area (Å²) in [6.07, 6.45) is 6.38. The van der Waals surface area contributed by atoms with Crippen LogP contribution in [0.25, 0.3) is 0 Å². The normalized spacial score (nSPS) is 8.25. The number of nitrogens with zero attached hydrogens (tertiary/aromatic N) is 4. The molecule has 0 saturated heterocycles. The van der Waals surface area contributed by atoms with Gasteiger partial charge in [0.15, 0.2) is 0 Å². The lowest BCUT2D eigenvalue weighted by atomic mass is 10.3. The Morgan fingerprint density at radius 2 is 1.04 bits per heavy atom. The van der Waals surface area contributed by atoms with Gasteiger partial charge in [-0.1, -0.05) is 6.07 Å². The van der Waals surface area contributed by atoms with Crippen LogP contribution in [0.4, 0.5) is 0 Å². The third-order valence-electron chi connectivity index (χ3n) is 2.45. The predicted molar refractivity (Wildman–Crippen MR) is 87.7 cm³/mol. The molecule has 1 aromatic carbocycles. The van der Waals surface area contributed by atoms with E-state index in [1.807, 2.05) is 12.1 Å². The van der Waals surface area contributed by atoms with Crippen molar-refractivity contribution in [2.45, 2.75) is 0 Å². The van der Waals surface area contributed by atoms with Gasteiger partial charge in [-0.3, -0.25) is 9.97 Å². The topological polar surface area (TPSA) is 114 Å². The van der Waals surface area contributed by atoms with E-state index in [0.29, 0.717) is 11.1 Å². The number of aromatic hydroxyl groups is 2. The van der Waals surface area contributed by atoms with E-state index in [0.717, 1.165) is 0 Å². The average molecular weight is 318 g/mol. The quantitative estimate of drug-likeness (QED) is 0.658. The van der Waals surface area contributed by atoms with Crippen molar-refractivity contribution in [3.05, 3.63) is 84.4 Å². The van der Waals surface area contributed by atoms with Crippen molar-refractivity contribution in [1.82, 2.24) is 9.97 Å². The molecule has 0 spiro atoms. The third-order valence-corrected chi connectivity index (χ3v) is 2.45. The van der Waals surface area contributed by atoms with Crippen molar-refractivity contribution in [2.24, 2.45) is 0 Å². The van der Waals surface area contributed by atoms with Crippen LogP contribution in [0.15, 0.2) is 73.3 Å². The summed E-state index contributed by atoms with van der Waals surface area (Å²) in [7, 11) is 0. The van der Waals surface area contributed by atoms with Crippen molar-refractivity contribution in [1.29, 1.82) is 10.5 Å². The number of benzene rings is 1.